The molecule has 0 amide bonds. The van der Waals surface area contributed by atoms with E-state index >= 15 is 0 Å². The second-order valence-corrected chi connectivity index (χ2v) is 9.05. The van der Waals surface area contributed by atoms with Crippen LogP contribution in [0.25, 0.3) is 0 Å². The van der Waals surface area contributed by atoms with E-state index in [4.69, 9.17) is 50.7 Å². The van der Waals surface area contributed by atoms with Crippen molar-refractivity contribution in [3.8, 4) is 0 Å². The molecule has 1 heterocycles. The molecule has 11 unspecified atom stereocenters. The van der Waals surface area contributed by atoms with Crippen molar-refractivity contribution in [2.24, 2.45) is 0 Å². The molecule has 1 rings (SSSR count). The van der Waals surface area contributed by atoms with Crippen molar-refractivity contribution in [3.05, 3.63) is 0 Å². The van der Waals surface area contributed by atoms with Gasteiger partial charge in [-0.3, -0.25) is 0 Å². The fourth-order valence-corrected chi connectivity index (χ4v) is 2.37. The predicted molar refractivity (Wildman–Crippen MR) is 218 cm³/mol. The zero-order valence-electron chi connectivity index (χ0n) is 30.9. The van der Waals surface area contributed by atoms with E-state index in [9.17, 15) is 0 Å². The molecule has 0 bridgehead atoms. The Morgan fingerprint density at radius 1 is 0.538 bits per heavy atom. The zero-order chi connectivity index (χ0) is 36.3. The van der Waals surface area contributed by atoms with Crippen molar-refractivity contribution < 1.29 is 186 Å². The topological polar surface area (TPSA) is 271 Å². The van der Waals surface area contributed by atoms with Crippen LogP contribution >= 0.6 is 72.2 Å². The smallest absolute Gasteiger partial charge is 0.105 e. The van der Waals surface area contributed by atoms with Crippen molar-refractivity contribution in [2.75, 3.05) is 122 Å². The van der Waals surface area contributed by atoms with Crippen LogP contribution in [-0.4, -0.2) is 199 Å². The molecule has 0 aromatic carbocycles. The summed E-state index contributed by atoms with van der Waals surface area (Å²) in [6, 6.07) is 0. The molecular formula is C25H73IO18P5Y3-. The van der Waals surface area contributed by atoms with Crippen LogP contribution in [0.5, 0.6) is 0 Å². The Balaban J connectivity index is -0.0000000308. The molecule has 18 nitrogen and oxygen atoms in total. The summed E-state index contributed by atoms with van der Waals surface area (Å²) in [7, 11) is 14.5. The molecule has 0 aliphatic carbocycles. The minimum atomic E-state index is -0.718. The SMILES string of the molecule is C.COCC(O)CO.COCC(O)CO.COCC(O)CO.COCC(O)COP.COCC(O)COP.C[O-].I.P.P.POCC1CO1.[Y].[Y].[Y]. The fraction of sp³-hybridized carbons (Fsp3) is 1.00. The van der Waals surface area contributed by atoms with Crippen LogP contribution in [0.3, 0.4) is 0 Å². The largest absolute Gasteiger partial charge is 0.857 e. The summed E-state index contributed by atoms with van der Waals surface area (Å²) < 4.78 is 41.2. The van der Waals surface area contributed by atoms with E-state index in [1.165, 1.54) is 35.5 Å². The third-order valence-electron chi connectivity index (χ3n) is 3.69. The summed E-state index contributed by atoms with van der Waals surface area (Å²) >= 11 is 0. The summed E-state index contributed by atoms with van der Waals surface area (Å²) in [6.45, 7) is 2.80. The van der Waals surface area contributed by atoms with Crippen LogP contribution in [0.2, 0.25) is 0 Å². The van der Waals surface area contributed by atoms with Gasteiger partial charge in [0.25, 0.3) is 0 Å². The van der Waals surface area contributed by atoms with Crippen LogP contribution in [0.15, 0.2) is 0 Å². The van der Waals surface area contributed by atoms with E-state index in [2.05, 4.69) is 65.7 Å². The van der Waals surface area contributed by atoms with Gasteiger partial charge in [0.2, 0.25) is 0 Å². The van der Waals surface area contributed by atoms with Crippen molar-refractivity contribution in [3.63, 3.8) is 0 Å². The number of hydrogen-bond donors (Lipinski definition) is 8. The number of ether oxygens (including phenoxy) is 6. The molecule has 8 N–H and O–H groups in total. The summed E-state index contributed by atoms with van der Waals surface area (Å²) in [6.07, 6.45) is -2.75. The minimum absolute atomic E-state index is 0. The van der Waals surface area contributed by atoms with Crippen LogP contribution < -0.4 is 5.11 Å². The average molecular weight is 1210 g/mol. The fourth-order valence-electron chi connectivity index (χ4n) is 1.71. The maximum absolute atomic E-state index is 8.79. The van der Waals surface area contributed by atoms with E-state index in [0.717, 1.165) is 20.3 Å². The van der Waals surface area contributed by atoms with Gasteiger partial charge in [0.15, 0.2) is 0 Å². The Kier molecular flexibility index (Phi) is 157. The Morgan fingerprint density at radius 2 is 0.750 bits per heavy atom. The van der Waals surface area contributed by atoms with Gasteiger partial charge in [-0.1, -0.05) is 7.43 Å². The number of rotatable bonds is 19. The minimum Gasteiger partial charge on any atom is -0.857 e. The van der Waals surface area contributed by atoms with E-state index in [1.54, 1.807) is 0 Å². The molecule has 3 radical (unpaired) electrons. The molecule has 0 aromatic rings. The molecular weight excluding hydrogens is 1140 g/mol. The van der Waals surface area contributed by atoms with Gasteiger partial charge >= 0.3 is 0 Å². The van der Waals surface area contributed by atoms with Gasteiger partial charge in [0.1, 0.15) is 36.6 Å². The van der Waals surface area contributed by atoms with Crippen LogP contribution in [0.4, 0.5) is 0 Å². The molecule has 27 heteroatoms. The number of methoxy groups -OCH3 is 5. The van der Waals surface area contributed by atoms with E-state index in [1.807, 2.05) is 0 Å². The van der Waals surface area contributed by atoms with Crippen molar-refractivity contribution in [1.29, 1.82) is 0 Å². The van der Waals surface area contributed by atoms with E-state index in [-0.39, 0.29) is 189 Å². The van der Waals surface area contributed by atoms with Gasteiger partial charge in [0, 0.05) is 162 Å². The molecule has 0 spiro atoms. The first-order valence-electron chi connectivity index (χ1n) is 13.1. The summed E-state index contributed by atoms with van der Waals surface area (Å²) in [4.78, 5) is 0. The van der Waals surface area contributed by atoms with Gasteiger partial charge in [-0.05, 0) is 0 Å². The van der Waals surface area contributed by atoms with Gasteiger partial charge in [0.05, 0.1) is 79.3 Å². The quantitative estimate of drug-likeness (QED) is 0.0366. The number of epoxide rings is 1. The first kappa shape index (κ1) is 92.7. The second-order valence-electron chi connectivity index (χ2n) is 8.05. The Bertz CT molecular complexity index is 443. The molecule has 11 atom stereocenters. The van der Waals surface area contributed by atoms with Crippen molar-refractivity contribution >= 4 is 72.2 Å². The first-order valence-corrected chi connectivity index (χ1v) is 14.5. The van der Waals surface area contributed by atoms with E-state index in [0.29, 0.717) is 32.5 Å². The molecule has 0 aromatic heterocycles. The maximum atomic E-state index is 8.79. The standard InChI is InChI=1S/2C4H11O3P.3C4H10O3.C3H7O2P.CH3O.CH4.HI.2H3P.3Y/c2*1-6-2-4(5)3-7-8;3*1-7-3-4(6)2-5;6-5-2-3-1-4-3;1-2;;;;;;;/h2*4-5H,2-3,8H2,1H3;3*4-6H,2-3H2,1H3;3H,1-2,6H2;1H3;1H4;1H;2*1H3;;;/q;;;;;;-1;;;;;;;. The molecule has 323 valence electrons. The van der Waals surface area contributed by atoms with Crippen molar-refractivity contribution in [1.82, 2.24) is 0 Å². The first-order chi connectivity index (χ1) is 21.5. The van der Waals surface area contributed by atoms with Gasteiger partial charge in [-0.25, -0.2) is 0 Å². The normalized spacial score (nSPS) is 13.6. The summed E-state index contributed by atoms with van der Waals surface area (Å²) in [5, 5.41) is 75.7. The van der Waals surface area contributed by atoms with Crippen molar-refractivity contribution in [2.45, 2.75) is 44.1 Å². The third-order valence-corrected chi connectivity index (χ3v) is 4.27. The van der Waals surface area contributed by atoms with Gasteiger partial charge in [-0.15, -0.1) is 24.0 Å². The van der Waals surface area contributed by atoms with Gasteiger partial charge in [-0.2, -0.15) is 26.9 Å². The molecule has 1 fully saturated rings. The monoisotopic (exact) mass is 1210 g/mol. The van der Waals surface area contributed by atoms with Crippen LogP contribution in [0, 0.1) is 0 Å². The van der Waals surface area contributed by atoms with Crippen LogP contribution in [0.1, 0.15) is 7.43 Å². The maximum Gasteiger partial charge on any atom is 0.105 e. The summed E-state index contributed by atoms with van der Waals surface area (Å²) in [5.41, 5.74) is 0. The molecule has 0 saturated carbocycles. The number of aliphatic hydroxyl groups excluding tert-OH is 8. The van der Waals surface area contributed by atoms with Crippen LogP contribution in [-0.2, 0) is 140 Å². The van der Waals surface area contributed by atoms with Gasteiger partial charge < -0.3 is 88.0 Å². The average Bonchev–Trinajstić information content (AvgIpc) is 3.85. The number of aliphatic hydroxyl groups is 8. The third kappa shape index (κ3) is 111. The Labute approximate surface area is 419 Å². The Morgan fingerprint density at radius 3 is 0.846 bits per heavy atom. The molecule has 52 heavy (non-hydrogen) atoms. The predicted octanol–water partition coefficient (Wildman–Crippen LogP) is -2.91. The molecule has 1 aliphatic heterocycles. The zero-order valence-corrected chi connectivity index (χ0v) is 48.0. The number of halogens is 1. The second kappa shape index (κ2) is 87.9. The number of hydrogen-bond acceptors (Lipinski definition) is 18. The summed E-state index contributed by atoms with van der Waals surface area (Å²) in [5.74, 6) is 0. The molecule has 1 saturated heterocycles. The Hall–Kier alpha value is 5.47. The van der Waals surface area contributed by atoms with E-state index < -0.39 is 30.5 Å². The molecule has 1 aliphatic rings.